The van der Waals surface area contributed by atoms with Crippen molar-refractivity contribution in [2.24, 2.45) is 0 Å². The Balaban J connectivity index is 1.95. The molecule has 0 aromatic heterocycles. The molecule has 0 heterocycles. The lowest BCUT2D eigenvalue weighted by Crippen LogP contribution is -2.10. The van der Waals surface area contributed by atoms with Crippen molar-refractivity contribution in [3.8, 4) is 5.75 Å². The molecule has 0 radical (unpaired) electrons. The van der Waals surface area contributed by atoms with E-state index < -0.39 is 10.9 Å². The highest BCUT2D eigenvalue weighted by Gasteiger charge is 2.11. The van der Waals surface area contributed by atoms with E-state index in [4.69, 9.17) is 9.47 Å². The summed E-state index contributed by atoms with van der Waals surface area (Å²) >= 11 is 0. The van der Waals surface area contributed by atoms with E-state index in [-0.39, 0.29) is 30.2 Å². The zero-order valence-corrected chi connectivity index (χ0v) is 19.5. The minimum absolute atomic E-state index is 0.0520. The maximum absolute atomic E-state index is 11.8. The van der Waals surface area contributed by atoms with Crippen LogP contribution in [0.2, 0.25) is 0 Å². The second kappa shape index (κ2) is 18.2. The van der Waals surface area contributed by atoms with Crippen molar-refractivity contribution in [1.82, 2.24) is 0 Å². The molecule has 0 unspecified atom stereocenters. The third-order valence-electron chi connectivity index (χ3n) is 5.28. The van der Waals surface area contributed by atoms with Gasteiger partial charge in [-0.1, -0.05) is 83.6 Å². The molecule has 32 heavy (non-hydrogen) atoms. The van der Waals surface area contributed by atoms with E-state index in [1.807, 2.05) is 0 Å². The molecule has 0 amide bonds. The first kappa shape index (κ1) is 27.6. The zero-order chi connectivity index (χ0) is 23.4. The van der Waals surface area contributed by atoms with Gasteiger partial charge in [0.2, 0.25) is 0 Å². The number of unbranched alkanes of at least 4 members (excludes halogenated alkanes) is 11. The first-order valence-corrected chi connectivity index (χ1v) is 12.1. The van der Waals surface area contributed by atoms with Crippen LogP contribution >= 0.6 is 0 Å². The van der Waals surface area contributed by atoms with Crippen molar-refractivity contribution in [2.45, 2.75) is 103 Å². The molecule has 0 fully saturated rings. The summed E-state index contributed by atoms with van der Waals surface area (Å²) in [5.74, 6) is -0.714. The number of hydrogen-bond donors (Lipinski definition) is 0. The molecule has 7 heteroatoms. The Bertz CT molecular complexity index is 676. The van der Waals surface area contributed by atoms with Gasteiger partial charge >= 0.3 is 11.9 Å². The Kier molecular flexibility index (Phi) is 15.7. The molecule has 0 aliphatic rings. The molecule has 0 aliphatic heterocycles. The number of ether oxygens (including phenoxy) is 2. The van der Waals surface area contributed by atoms with Crippen LogP contribution in [0.25, 0.3) is 0 Å². The molecule has 1 aromatic rings. The standard InChI is InChI=1S/C25H39NO6/c1-2-3-4-5-6-7-8-9-10-11-12-13-20-31-24(27)18-15-19-25(28)32-23-17-14-16-22(21-23)26(29)30/h14,16-17,21H,2-13,15,18-20H2,1H3. The van der Waals surface area contributed by atoms with Crippen molar-refractivity contribution in [2.75, 3.05) is 6.61 Å². The summed E-state index contributed by atoms with van der Waals surface area (Å²) < 4.78 is 10.3. The van der Waals surface area contributed by atoms with Gasteiger partial charge in [-0.3, -0.25) is 19.7 Å². The fourth-order valence-electron chi connectivity index (χ4n) is 3.42. The predicted octanol–water partition coefficient (Wildman–Crippen LogP) is 6.91. The monoisotopic (exact) mass is 449 g/mol. The van der Waals surface area contributed by atoms with Gasteiger partial charge in [-0.15, -0.1) is 0 Å². The lowest BCUT2D eigenvalue weighted by molar-refractivity contribution is -0.384. The molecule has 1 aromatic carbocycles. The molecule has 0 spiro atoms. The quantitative estimate of drug-likeness (QED) is 0.0748. The van der Waals surface area contributed by atoms with E-state index in [1.165, 1.54) is 88.5 Å². The van der Waals surface area contributed by atoms with Crippen LogP contribution in [0.4, 0.5) is 5.69 Å². The van der Waals surface area contributed by atoms with Crippen LogP contribution in [0.5, 0.6) is 5.75 Å². The number of nitro benzene ring substituents is 1. The van der Waals surface area contributed by atoms with Crippen molar-refractivity contribution in [3.05, 3.63) is 34.4 Å². The van der Waals surface area contributed by atoms with Crippen LogP contribution < -0.4 is 4.74 Å². The van der Waals surface area contributed by atoms with Gasteiger partial charge in [-0.2, -0.15) is 0 Å². The summed E-state index contributed by atoms with van der Waals surface area (Å²) in [5, 5.41) is 10.7. The normalized spacial score (nSPS) is 10.7. The van der Waals surface area contributed by atoms with Gasteiger partial charge in [0.15, 0.2) is 0 Å². The van der Waals surface area contributed by atoms with Crippen LogP contribution in [0.3, 0.4) is 0 Å². The summed E-state index contributed by atoms with van der Waals surface area (Å²) in [4.78, 5) is 33.8. The maximum atomic E-state index is 11.8. The second-order valence-electron chi connectivity index (χ2n) is 8.19. The fraction of sp³-hybridized carbons (Fsp3) is 0.680. The SMILES string of the molecule is CCCCCCCCCCCCCCOC(=O)CCCC(=O)Oc1cccc([N+](=O)[O-])c1. The van der Waals surface area contributed by atoms with E-state index in [0.717, 1.165) is 12.8 Å². The summed E-state index contributed by atoms with van der Waals surface area (Å²) in [5.41, 5.74) is -0.142. The van der Waals surface area contributed by atoms with Crippen LogP contribution in [-0.2, 0) is 14.3 Å². The average molecular weight is 450 g/mol. The third kappa shape index (κ3) is 14.5. The molecule has 180 valence electrons. The Hall–Kier alpha value is -2.44. The number of nitrogens with zero attached hydrogens (tertiary/aromatic N) is 1. The maximum Gasteiger partial charge on any atom is 0.311 e. The Morgan fingerprint density at radius 2 is 1.38 bits per heavy atom. The number of carbonyl (C=O) groups is 2. The van der Waals surface area contributed by atoms with Gasteiger partial charge in [0.25, 0.3) is 5.69 Å². The first-order valence-electron chi connectivity index (χ1n) is 12.1. The topological polar surface area (TPSA) is 95.7 Å². The number of carbonyl (C=O) groups excluding carboxylic acids is 2. The lowest BCUT2D eigenvalue weighted by atomic mass is 10.1. The van der Waals surface area contributed by atoms with E-state index in [0.29, 0.717) is 13.0 Å². The Morgan fingerprint density at radius 3 is 1.97 bits per heavy atom. The molecule has 7 nitrogen and oxygen atoms in total. The molecule has 0 bridgehead atoms. The van der Waals surface area contributed by atoms with Gasteiger partial charge in [0.05, 0.1) is 17.6 Å². The molecular weight excluding hydrogens is 410 g/mol. The molecule has 0 aliphatic carbocycles. The van der Waals surface area contributed by atoms with Crippen molar-refractivity contribution in [1.29, 1.82) is 0 Å². The lowest BCUT2D eigenvalue weighted by Gasteiger charge is -2.06. The second-order valence-corrected chi connectivity index (χ2v) is 8.19. The third-order valence-corrected chi connectivity index (χ3v) is 5.28. The largest absolute Gasteiger partial charge is 0.466 e. The van der Waals surface area contributed by atoms with E-state index in [2.05, 4.69) is 6.92 Å². The Morgan fingerprint density at radius 1 is 0.812 bits per heavy atom. The van der Waals surface area contributed by atoms with Gasteiger partial charge in [-0.05, 0) is 18.9 Å². The fourth-order valence-corrected chi connectivity index (χ4v) is 3.42. The van der Waals surface area contributed by atoms with E-state index in [1.54, 1.807) is 0 Å². The highest BCUT2D eigenvalue weighted by atomic mass is 16.6. The predicted molar refractivity (Wildman–Crippen MR) is 125 cm³/mol. The minimum atomic E-state index is -0.552. The van der Waals surface area contributed by atoms with E-state index in [9.17, 15) is 19.7 Å². The first-order chi connectivity index (χ1) is 15.5. The van der Waals surface area contributed by atoms with Crippen molar-refractivity contribution < 1.29 is 24.0 Å². The summed E-state index contributed by atoms with van der Waals surface area (Å²) in [6.45, 7) is 2.67. The minimum Gasteiger partial charge on any atom is -0.466 e. The van der Waals surface area contributed by atoms with Crippen molar-refractivity contribution in [3.63, 3.8) is 0 Å². The average Bonchev–Trinajstić information content (AvgIpc) is 2.77. The van der Waals surface area contributed by atoms with Crippen LogP contribution in [0.15, 0.2) is 24.3 Å². The molecule has 0 atom stereocenters. The highest BCUT2D eigenvalue weighted by molar-refractivity contribution is 5.74. The number of rotatable bonds is 19. The van der Waals surface area contributed by atoms with Gasteiger partial charge in [0, 0.05) is 18.9 Å². The molecule has 1 rings (SSSR count). The number of hydrogen-bond acceptors (Lipinski definition) is 6. The number of benzene rings is 1. The number of esters is 2. The smallest absolute Gasteiger partial charge is 0.311 e. The number of nitro groups is 1. The summed E-state index contributed by atoms with van der Waals surface area (Å²) in [6.07, 6.45) is 15.6. The van der Waals surface area contributed by atoms with Crippen LogP contribution in [-0.4, -0.2) is 23.5 Å². The molecular formula is C25H39NO6. The molecule has 0 saturated heterocycles. The summed E-state index contributed by atoms with van der Waals surface area (Å²) in [7, 11) is 0. The van der Waals surface area contributed by atoms with Gasteiger partial charge in [0.1, 0.15) is 5.75 Å². The van der Waals surface area contributed by atoms with E-state index >= 15 is 0 Å². The summed E-state index contributed by atoms with van der Waals surface area (Å²) in [6, 6.07) is 5.45. The van der Waals surface area contributed by atoms with Gasteiger partial charge < -0.3 is 9.47 Å². The van der Waals surface area contributed by atoms with Gasteiger partial charge in [-0.25, -0.2) is 0 Å². The number of non-ortho nitro benzene ring substituents is 1. The Labute approximate surface area is 192 Å². The molecule has 0 saturated carbocycles. The van der Waals surface area contributed by atoms with Crippen LogP contribution in [0, 0.1) is 10.1 Å². The van der Waals surface area contributed by atoms with Crippen molar-refractivity contribution >= 4 is 17.6 Å². The highest BCUT2D eigenvalue weighted by Crippen LogP contribution is 2.19. The zero-order valence-electron chi connectivity index (χ0n) is 19.5. The molecule has 0 N–H and O–H groups in total. The van der Waals surface area contributed by atoms with Crippen LogP contribution in [0.1, 0.15) is 103 Å².